The minimum atomic E-state index is 0. The third kappa shape index (κ3) is 45.3. The summed E-state index contributed by atoms with van der Waals surface area (Å²) in [6, 6.07) is 0. The SMILES string of the molecule is CN(C)[SiH3].[SbH3]. The van der Waals surface area contributed by atoms with Crippen LogP contribution in [0.2, 0.25) is 0 Å². The molecular weight excluding hydrogens is 188 g/mol. The number of hydrogen-bond donors (Lipinski definition) is 0. The molecule has 0 saturated carbocycles. The van der Waals surface area contributed by atoms with Gasteiger partial charge in [-0.3, -0.25) is 0 Å². The van der Waals surface area contributed by atoms with Crippen LogP contribution in [0.15, 0.2) is 0 Å². The summed E-state index contributed by atoms with van der Waals surface area (Å²) in [6.45, 7) is 0. The van der Waals surface area contributed by atoms with Crippen LogP contribution in [-0.4, -0.2) is 53.5 Å². The van der Waals surface area contributed by atoms with Gasteiger partial charge >= 0.3 is 24.4 Å². The molecule has 34 valence electrons. The molecule has 0 fully saturated rings. The van der Waals surface area contributed by atoms with Gasteiger partial charge in [0.1, 0.15) is 0 Å². The summed E-state index contributed by atoms with van der Waals surface area (Å²) in [7, 11) is 5.31. The first kappa shape index (κ1) is 9.37. The summed E-state index contributed by atoms with van der Waals surface area (Å²) in [4.78, 5) is 0. The van der Waals surface area contributed by atoms with Gasteiger partial charge in [0.2, 0.25) is 0 Å². The van der Waals surface area contributed by atoms with Gasteiger partial charge in [0.25, 0.3) is 0 Å². The van der Waals surface area contributed by atoms with Gasteiger partial charge in [0.15, 0.2) is 0 Å². The van der Waals surface area contributed by atoms with E-state index < -0.39 is 0 Å². The molecular formula is C2H12NSbSi. The fourth-order valence-corrected chi connectivity index (χ4v) is 0. The van der Waals surface area contributed by atoms with E-state index in [0.717, 1.165) is 0 Å². The Morgan fingerprint density at radius 3 is 1.40 bits per heavy atom. The van der Waals surface area contributed by atoms with Gasteiger partial charge in [-0.15, -0.1) is 0 Å². The van der Waals surface area contributed by atoms with Crippen molar-refractivity contribution in [3.8, 4) is 0 Å². The summed E-state index contributed by atoms with van der Waals surface area (Å²) in [5.41, 5.74) is 0. The minimum absolute atomic E-state index is 0. The monoisotopic (exact) mass is 199 g/mol. The predicted molar refractivity (Wildman–Crippen MR) is 33.6 cm³/mol. The summed E-state index contributed by atoms with van der Waals surface area (Å²) in [5, 5.41) is 0. The molecule has 0 radical (unpaired) electrons. The van der Waals surface area contributed by atoms with Crippen molar-refractivity contribution in [3.63, 3.8) is 0 Å². The van der Waals surface area contributed by atoms with Crippen molar-refractivity contribution in [2.75, 3.05) is 14.1 Å². The topological polar surface area (TPSA) is 3.24 Å². The summed E-state index contributed by atoms with van der Waals surface area (Å²) < 4.78 is 2.14. The van der Waals surface area contributed by atoms with E-state index in [1.54, 1.807) is 0 Å². The van der Waals surface area contributed by atoms with Crippen molar-refractivity contribution in [2.24, 2.45) is 0 Å². The average Bonchev–Trinajstić information content (AvgIpc) is 0.811. The molecule has 0 spiro atoms. The van der Waals surface area contributed by atoms with E-state index in [0.29, 0.717) is 0 Å². The van der Waals surface area contributed by atoms with E-state index in [9.17, 15) is 0 Å². The maximum atomic E-state index is 2.14. The zero-order valence-corrected chi connectivity index (χ0v) is 10.2. The van der Waals surface area contributed by atoms with E-state index in [2.05, 4.69) is 18.7 Å². The van der Waals surface area contributed by atoms with Crippen molar-refractivity contribution >= 4 is 34.8 Å². The fourth-order valence-electron chi connectivity index (χ4n) is 0. The quantitative estimate of drug-likeness (QED) is 0.395. The van der Waals surface area contributed by atoms with Crippen molar-refractivity contribution < 1.29 is 0 Å². The molecule has 0 rings (SSSR count). The number of rotatable bonds is 0. The van der Waals surface area contributed by atoms with Crippen molar-refractivity contribution in [2.45, 2.75) is 0 Å². The van der Waals surface area contributed by atoms with Crippen LogP contribution in [0.25, 0.3) is 0 Å². The van der Waals surface area contributed by atoms with Crippen LogP contribution in [0.1, 0.15) is 0 Å². The van der Waals surface area contributed by atoms with Crippen LogP contribution in [0.3, 0.4) is 0 Å². The van der Waals surface area contributed by atoms with Crippen molar-refractivity contribution in [1.82, 2.24) is 4.57 Å². The Balaban J connectivity index is 0. The molecule has 0 bridgehead atoms. The second kappa shape index (κ2) is 5.00. The van der Waals surface area contributed by atoms with E-state index in [-0.39, 0.29) is 24.4 Å². The van der Waals surface area contributed by atoms with Gasteiger partial charge in [-0.2, -0.15) is 0 Å². The van der Waals surface area contributed by atoms with Gasteiger partial charge in [-0.05, 0) is 14.1 Å². The Hall–Kier alpha value is 0.995. The van der Waals surface area contributed by atoms with Crippen LogP contribution in [0.4, 0.5) is 0 Å². The van der Waals surface area contributed by atoms with E-state index in [1.807, 2.05) is 0 Å². The Labute approximate surface area is 53.7 Å². The molecule has 0 aromatic rings. The molecule has 0 atom stereocenters. The van der Waals surface area contributed by atoms with Crippen LogP contribution in [0, 0.1) is 0 Å². The Bertz CT molecular complexity index is 14.4. The van der Waals surface area contributed by atoms with Crippen LogP contribution in [-0.2, 0) is 0 Å². The van der Waals surface area contributed by atoms with Crippen LogP contribution in [0.5, 0.6) is 0 Å². The molecule has 0 amide bonds. The molecule has 3 heteroatoms. The summed E-state index contributed by atoms with van der Waals surface area (Å²) in [5.74, 6) is 0. The van der Waals surface area contributed by atoms with Gasteiger partial charge < -0.3 is 4.57 Å². The maximum absolute atomic E-state index is 2.14. The third-order valence-electron chi connectivity index (χ3n) is 0. The third-order valence-corrected chi connectivity index (χ3v) is 0. The van der Waals surface area contributed by atoms with Crippen molar-refractivity contribution in [3.05, 3.63) is 0 Å². The first-order chi connectivity index (χ1) is 1.73. The molecule has 0 saturated heterocycles. The van der Waals surface area contributed by atoms with Crippen LogP contribution < -0.4 is 0 Å². The first-order valence-corrected chi connectivity index (χ1v) is 2.24. The molecule has 5 heavy (non-hydrogen) atoms. The zero-order valence-electron chi connectivity index (χ0n) is 4.15. The molecule has 1 nitrogen and oxygen atoms in total. The molecule has 0 heterocycles. The van der Waals surface area contributed by atoms with Gasteiger partial charge in [-0.25, -0.2) is 0 Å². The fraction of sp³-hybridized carbons (Fsp3) is 1.00. The normalized spacial score (nSPS) is 7.80. The molecule has 0 aliphatic rings. The van der Waals surface area contributed by atoms with Gasteiger partial charge in [0, 0.05) is 0 Å². The number of hydrogen-bond acceptors (Lipinski definition) is 1. The average molecular weight is 200 g/mol. The van der Waals surface area contributed by atoms with Crippen LogP contribution >= 0.6 is 0 Å². The van der Waals surface area contributed by atoms with Gasteiger partial charge in [0.05, 0.1) is 10.4 Å². The van der Waals surface area contributed by atoms with E-state index in [4.69, 9.17) is 0 Å². The molecule has 0 N–H and O–H groups in total. The summed E-state index contributed by atoms with van der Waals surface area (Å²) >= 11 is 0. The zero-order chi connectivity index (χ0) is 3.58. The molecule has 0 aromatic carbocycles. The molecule has 0 aliphatic heterocycles. The van der Waals surface area contributed by atoms with E-state index >= 15 is 0 Å². The molecule has 0 aromatic heterocycles. The molecule has 0 aliphatic carbocycles. The second-order valence-corrected chi connectivity index (χ2v) is 3.13. The Morgan fingerprint density at radius 1 is 1.40 bits per heavy atom. The predicted octanol–water partition coefficient (Wildman–Crippen LogP) is -2.36. The van der Waals surface area contributed by atoms with E-state index in [1.165, 1.54) is 10.4 Å². The first-order valence-electron chi connectivity index (χ1n) is 1.34. The Morgan fingerprint density at radius 2 is 1.40 bits per heavy atom. The second-order valence-electron chi connectivity index (χ2n) is 1.34. The van der Waals surface area contributed by atoms with Gasteiger partial charge in [-0.1, -0.05) is 0 Å². The molecule has 0 unspecified atom stereocenters. The summed E-state index contributed by atoms with van der Waals surface area (Å²) in [6.07, 6.45) is 0. The van der Waals surface area contributed by atoms with Crippen molar-refractivity contribution in [1.29, 1.82) is 0 Å². The standard InChI is InChI=1S/C2H9NSi.Sb.3H/c1-3(2)4;;;;/h1-2,4H3;;;;. The Kier molecular flexibility index (Phi) is 9.36. The number of nitrogens with zero attached hydrogens (tertiary/aromatic N) is 1.